The number of alkyl halides is 2. The molecule has 0 spiro atoms. The highest BCUT2D eigenvalue weighted by Gasteiger charge is 2.52. The van der Waals surface area contributed by atoms with Crippen LogP contribution in [0.2, 0.25) is 0 Å². The molecule has 0 aliphatic carbocycles. The summed E-state index contributed by atoms with van der Waals surface area (Å²) in [6.45, 7) is 0. The lowest BCUT2D eigenvalue weighted by atomic mass is 10.1. The normalized spacial score (nSPS) is 17.9. The number of Topliss-reactive ketones (excluding diaryl/α,β-unsaturated/α-hetero) is 1. The van der Waals surface area contributed by atoms with Crippen LogP contribution in [-0.4, -0.2) is 11.9 Å². The van der Waals surface area contributed by atoms with Gasteiger partial charge in [-0.3, -0.25) is 4.79 Å². The third kappa shape index (κ3) is 0.997. The molecule has 0 saturated carbocycles. The van der Waals surface area contributed by atoms with Crippen molar-refractivity contribution >= 4 is 5.78 Å². The number of fused-ring (bicyclic) bond motifs is 1. The van der Waals surface area contributed by atoms with E-state index in [9.17, 15) is 22.4 Å². The molecule has 1 aromatic carbocycles. The fourth-order valence-electron chi connectivity index (χ4n) is 1.16. The van der Waals surface area contributed by atoms with E-state index in [1.54, 1.807) is 0 Å². The zero-order chi connectivity index (χ0) is 10.5. The Labute approximate surface area is 75.1 Å². The SMILES string of the molecule is O=C1c2c(F)ccc(F)c2OC1(F)F. The van der Waals surface area contributed by atoms with Gasteiger partial charge in [-0.25, -0.2) is 8.78 Å². The first-order valence-corrected chi connectivity index (χ1v) is 3.53. The van der Waals surface area contributed by atoms with Crippen molar-refractivity contribution in [3.63, 3.8) is 0 Å². The second kappa shape index (κ2) is 2.46. The van der Waals surface area contributed by atoms with Crippen molar-refractivity contribution < 1.29 is 27.1 Å². The molecule has 0 atom stereocenters. The van der Waals surface area contributed by atoms with Gasteiger partial charge >= 0.3 is 6.11 Å². The number of benzene rings is 1. The quantitative estimate of drug-likeness (QED) is 0.608. The van der Waals surface area contributed by atoms with Gasteiger partial charge in [-0.05, 0) is 12.1 Å². The van der Waals surface area contributed by atoms with Crippen LogP contribution >= 0.6 is 0 Å². The molecule has 0 amide bonds. The summed E-state index contributed by atoms with van der Waals surface area (Å²) in [6, 6.07) is 1.21. The molecule has 1 aliphatic rings. The second-order valence-corrected chi connectivity index (χ2v) is 2.68. The maximum atomic E-state index is 12.9. The number of ketones is 1. The van der Waals surface area contributed by atoms with Gasteiger partial charge in [0.2, 0.25) is 0 Å². The van der Waals surface area contributed by atoms with Gasteiger partial charge in [0, 0.05) is 0 Å². The van der Waals surface area contributed by atoms with Gasteiger partial charge in [-0.2, -0.15) is 8.78 Å². The lowest BCUT2D eigenvalue weighted by molar-refractivity contribution is -0.125. The molecule has 0 N–H and O–H groups in total. The van der Waals surface area contributed by atoms with E-state index in [0.717, 1.165) is 0 Å². The van der Waals surface area contributed by atoms with Crippen molar-refractivity contribution in [3.05, 3.63) is 29.3 Å². The number of carbonyl (C=O) groups is 1. The molecule has 0 unspecified atom stereocenters. The van der Waals surface area contributed by atoms with Crippen LogP contribution in [0, 0.1) is 11.6 Å². The van der Waals surface area contributed by atoms with Crippen LogP contribution in [0.25, 0.3) is 0 Å². The monoisotopic (exact) mass is 206 g/mol. The van der Waals surface area contributed by atoms with E-state index in [0.29, 0.717) is 12.1 Å². The standard InChI is InChI=1S/C8H2F4O2/c9-3-1-2-4(10)6-5(3)7(13)8(11,12)14-6/h1-2H. The Morgan fingerprint density at radius 1 is 1.14 bits per heavy atom. The molecule has 2 rings (SSSR count). The Morgan fingerprint density at radius 3 is 2.29 bits per heavy atom. The van der Waals surface area contributed by atoms with Crippen molar-refractivity contribution in [1.29, 1.82) is 0 Å². The Balaban J connectivity index is 2.70. The molecule has 14 heavy (non-hydrogen) atoms. The minimum atomic E-state index is -4.18. The van der Waals surface area contributed by atoms with Gasteiger partial charge < -0.3 is 4.74 Å². The smallest absolute Gasteiger partial charge is 0.422 e. The van der Waals surface area contributed by atoms with Crippen LogP contribution in [0.3, 0.4) is 0 Å². The van der Waals surface area contributed by atoms with Crippen molar-refractivity contribution in [3.8, 4) is 5.75 Å². The van der Waals surface area contributed by atoms with E-state index >= 15 is 0 Å². The lowest BCUT2D eigenvalue weighted by Crippen LogP contribution is -2.28. The maximum absolute atomic E-state index is 12.9. The molecule has 0 saturated heterocycles. The van der Waals surface area contributed by atoms with Gasteiger partial charge in [-0.1, -0.05) is 0 Å². The Morgan fingerprint density at radius 2 is 1.71 bits per heavy atom. The highest BCUT2D eigenvalue weighted by molar-refractivity contribution is 6.05. The van der Waals surface area contributed by atoms with Crippen LogP contribution in [0.1, 0.15) is 10.4 Å². The van der Waals surface area contributed by atoms with E-state index < -0.39 is 34.8 Å². The molecule has 1 aliphatic heterocycles. The number of carbonyl (C=O) groups excluding carboxylic acids is 1. The molecule has 74 valence electrons. The van der Waals surface area contributed by atoms with Gasteiger partial charge in [0.05, 0.1) is 0 Å². The Kier molecular flexibility index (Phi) is 1.58. The Bertz CT molecular complexity index is 428. The highest BCUT2D eigenvalue weighted by Crippen LogP contribution is 2.39. The van der Waals surface area contributed by atoms with Crippen molar-refractivity contribution in [2.24, 2.45) is 0 Å². The third-order valence-corrected chi connectivity index (χ3v) is 1.78. The third-order valence-electron chi connectivity index (χ3n) is 1.78. The summed E-state index contributed by atoms with van der Waals surface area (Å²) >= 11 is 0. The van der Waals surface area contributed by atoms with Gasteiger partial charge in [-0.15, -0.1) is 0 Å². The fourth-order valence-corrected chi connectivity index (χ4v) is 1.16. The summed E-state index contributed by atoms with van der Waals surface area (Å²) in [7, 11) is 0. The Hall–Kier alpha value is -1.59. The average Bonchev–Trinajstić information content (AvgIpc) is 2.33. The first-order chi connectivity index (χ1) is 6.43. The number of hydrogen-bond acceptors (Lipinski definition) is 2. The van der Waals surface area contributed by atoms with E-state index in [1.807, 2.05) is 0 Å². The average molecular weight is 206 g/mol. The second-order valence-electron chi connectivity index (χ2n) is 2.68. The molecule has 0 fully saturated rings. The zero-order valence-electron chi connectivity index (χ0n) is 6.48. The van der Waals surface area contributed by atoms with Crippen molar-refractivity contribution in [2.45, 2.75) is 6.11 Å². The molecular formula is C8H2F4O2. The minimum Gasteiger partial charge on any atom is -0.422 e. The van der Waals surface area contributed by atoms with Crippen molar-refractivity contribution in [1.82, 2.24) is 0 Å². The van der Waals surface area contributed by atoms with Gasteiger partial charge in [0.15, 0.2) is 11.6 Å². The molecule has 0 radical (unpaired) electrons. The minimum absolute atomic E-state index is 0.594. The molecule has 0 aromatic heterocycles. The van der Waals surface area contributed by atoms with Crippen LogP contribution in [-0.2, 0) is 0 Å². The molecule has 6 heteroatoms. The molecule has 0 bridgehead atoms. The van der Waals surface area contributed by atoms with E-state index in [2.05, 4.69) is 4.74 Å². The molecule has 2 nitrogen and oxygen atoms in total. The summed E-state index contributed by atoms with van der Waals surface area (Å²) in [5.41, 5.74) is -1.03. The summed E-state index contributed by atoms with van der Waals surface area (Å²) in [5, 5.41) is 0. The first-order valence-electron chi connectivity index (χ1n) is 3.53. The van der Waals surface area contributed by atoms with E-state index in [-0.39, 0.29) is 0 Å². The largest absolute Gasteiger partial charge is 0.466 e. The molecular weight excluding hydrogens is 204 g/mol. The summed E-state index contributed by atoms with van der Waals surface area (Å²) < 4.78 is 54.6. The maximum Gasteiger partial charge on any atom is 0.466 e. The highest BCUT2D eigenvalue weighted by atomic mass is 19.3. The van der Waals surface area contributed by atoms with Crippen molar-refractivity contribution in [2.75, 3.05) is 0 Å². The fraction of sp³-hybridized carbons (Fsp3) is 0.125. The summed E-state index contributed by atoms with van der Waals surface area (Å²) in [6.07, 6.45) is -4.18. The zero-order valence-corrected chi connectivity index (χ0v) is 6.48. The number of rotatable bonds is 0. The van der Waals surface area contributed by atoms with Crippen LogP contribution < -0.4 is 4.74 Å². The number of hydrogen-bond donors (Lipinski definition) is 0. The first kappa shape index (κ1) is 8.98. The van der Waals surface area contributed by atoms with Crippen LogP contribution in [0.15, 0.2) is 12.1 Å². The van der Waals surface area contributed by atoms with E-state index in [4.69, 9.17) is 0 Å². The number of ether oxygens (including phenoxy) is 1. The van der Waals surface area contributed by atoms with Crippen LogP contribution in [0.4, 0.5) is 17.6 Å². The summed E-state index contributed by atoms with van der Waals surface area (Å²) in [5.74, 6) is -5.29. The van der Waals surface area contributed by atoms with Gasteiger partial charge in [0.1, 0.15) is 11.4 Å². The van der Waals surface area contributed by atoms with Crippen LogP contribution in [0.5, 0.6) is 5.75 Å². The molecule has 1 heterocycles. The van der Waals surface area contributed by atoms with E-state index in [1.165, 1.54) is 0 Å². The van der Waals surface area contributed by atoms with Gasteiger partial charge in [0.25, 0.3) is 5.78 Å². The number of halogens is 4. The predicted octanol–water partition coefficient (Wildman–Crippen LogP) is 2.13. The topological polar surface area (TPSA) is 26.3 Å². The lowest BCUT2D eigenvalue weighted by Gasteiger charge is -2.05. The predicted molar refractivity (Wildman–Crippen MR) is 36.3 cm³/mol. The summed E-state index contributed by atoms with van der Waals surface area (Å²) in [4.78, 5) is 10.8. The molecule has 1 aromatic rings.